The predicted molar refractivity (Wildman–Crippen MR) is 93.5 cm³/mol. The Morgan fingerprint density at radius 3 is 2.62 bits per heavy atom. The fourth-order valence-corrected chi connectivity index (χ4v) is 2.50. The van der Waals surface area contributed by atoms with Crippen LogP contribution in [0.5, 0.6) is 0 Å². The summed E-state index contributed by atoms with van der Waals surface area (Å²) in [6.45, 7) is 3.23. The summed E-state index contributed by atoms with van der Waals surface area (Å²) in [5, 5.41) is 15.7. The summed E-state index contributed by atoms with van der Waals surface area (Å²) in [6, 6.07) is 12.9. The van der Waals surface area contributed by atoms with Crippen molar-refractivity contribution in [2.45, 2.75) is 13.5 Å². The Hall–Kier alpha value is -2.99. The Kier molecular flexibility index (Phi) is 4.67. The van der Waals surface area contributed by atoms with E-state index in [1.807, 2.05) is 31.2 Å². The summed E-state index contributed by atoms with van der Waals surface area (Å²) < 4.78 is 5.38. The average molecular weight is 323 g/mol. The lowest BCUT2D eigenvalue weighted by molar-refractivity contribution is -0.383. The summed E-state index contributed by atoms with van der Waals surface area (Å²) >= 11 is 0. The van der Waals surface area contributed by atoms with Crippen molar-refractivity contribution in [2.24, 2.45) is 0 Å². The number of hydrogen-bond acceptors (Lipinski definition) is 5. The first-order valence-corrected chi connectivity index (χ1v) is 7.64. The fourth-order valence-electron chi connectivity index (χ4n) is 2.50. The fraction of sp³-hybridized carbons (Fsp3) is 0.167. The molecule has 0 saturated heterocycles. The first kappa shape index (κ1) is 15.9. The van der Waals surface area contributed by atoms with E-state index in [0.29, 0.717) is 18.6 Å². The quantitative estimate of drug-likeness (QED) is 0.536. The van der Waals surface area contributed by atoms with Crippen LogP contribution in [-0.4, -0.2) is 16.5 Å². The van der Waals surface area contributed by atoms with E-state index < -0.39 is 4.92 Å². The summed E-state index contributed by atoms with van der Waals surface area (Å²) in [5.41, 5.74) is 2.86. The van der Waals surface area contributed by atoms with Crippen LogP contribution < -0.4 is 5.32 Å². The minimum atomic E-state index is -0.393. The van der Waals surface area contributed by atoms with Gasteiger partial charge in [-0.3, -0.25) is 15.1 Å². The Morgan fingerprint density at radius 2 is 1.92 bits per heavy atom. The highest BCUT2D eigenvalue weighted by Gasteiger charge is 2.14. The van der Waals surface area contributed by atoms with E-state index in [1.54, 1.807) is 18.3 Å². The number of nitro groups is 1. The maximum absolute atomic E-state index is 11.2. The smallest absolute Gasteiger partial charge is 0.278 e. The highest BCUT2D eigenvalue weighted by atomic mass is 16.6. The molecule has 0 aliphatic rings. The van der Waals surface area contributed by atoms with Gasteiger partial charge in [0.2, 0.25) is 0 Å². The number of non-ortho nitro benzene ring substituents is 1. The molecule has 122 valence electrons. The van der Waals surface area contributed by atoms with Crippen molar-refractivity contribution in [1.82, 2.24) is 4.98 Å². The molecule has 0 spiro atoms. The SMILES string of the molecule is CCOCc1ccc(Nc2ccc([N+](=O)[O-])c3cnccc23)cc1. The Labute approximate surface area is 139 Å². The number of pyridine rings is 1. The van der Waals surface area contributed by atoms with E-state index in [2.05, 4.69) is 10.3 Å². The largest absolute Gasteiger partial charge is 0.377 e. The number of ether oxygens (including phenoxy) is 1. The minimum absolute atomic E-state index is 0.0516. The summed E-state index contributed by atoms with van der Waals surface area (Å²) in [4.78, 5) is 14.8. The van der Waals surface area contributed by atoms with Crippen LogP contribution in [0.15, 0.2) is 54.9 Å². The molecule has 0 unspecified atom stereocenters. The van der Waals surface area contributed by atoms with Crippen molar-refractivity contribution in [3.8, 4) is 0 Å². The molecule has 6 heteroatoms. The number of benzene rings is 2. The van der Waals surface area contributed by atoms with E-state index in [-0.39, 0.29) is 5.69 Å². The average Bonchev–Trinajstić information content (AvgIpc) is 2.61. The van der Waals surface area contributed by atoms with Crippen LogP contribution in [0.2, 0.25) is 0 Å². The number of anilines is 2. The molecule has 2 aromatic carbocycles. The first-order chi connectivity index (χ1) is 11.7. The van der Waals surface area contributed by atoms with Gasteiger partial charge in [-0.05, 0) is 36.8 Å². The van der Waals surface area contributed by atoms with Crippen LogP contribution in [0.25, 0.3) is 10.8 Å². The summed E-state index contributed by atoms with van der Waals surface area (Å²) in [7, 11) is 0. The number of fused-ring (bicyclic) bond motifs is 1. The van der Waals surface area contributed by atoms with Gasteiger partial charge in [-0.25, -0.2) is 0 Å². The molecule has 0 fully saturated rings. The molecule has 1 heterocycles. The van der Waals surface area contributed by atoms with Crippen molar-refractivity contribution in [3.63, 3.8) is 0 Å². The molecule has 1 aromatic heterocycles. The molecule has 3 aromatic rings. The normalized spacial score (nSPS) is 10.7. The number of nitrogens with zero attached hydrogens (tertiary/aromatic N) is 2. The number of nitrogens with one attached hydrogen (secondary N) is 1. The van der Waals surface area contributed by atoms with E-state index in [9.17, 15) is 10.1 Å². The van der Waals surface area contributed by atoms with Gasteiger partial charge in [0.05, 0.1) is 16.9 Å². The summed E-state index contributed by atoms with van der Waals surface area (Å²) in [6.07, 6.45) is 3.15. The molecule has 0 bridgehead atoms. The van der Waals surface area contributed by atoms with Gasteiger partial charge >= 0.3 is 0 Å². The standard InChI is InChI=1S/C18H17N3O3/c1-2-24-12-13-3-5-14(6-4-13)20-17-7-8-18(21(22)23)16-11-19-10-9-15(16)17/h3-11,20H,2,12H2,1H3. The lowest BCUT2D eigenvalue weighted by atomic mass is 10.1. The van der Waals surface area contributed by atoms with Crippen molar-refractivity contribution < 1.29 is 9.66 Å². The van der Waals surface area contributed by atoms with Crippen LogP contribution >= 0.6 is 0 Å². The molecular weight excluding hydrogens is 306 g/mol. The maximum Gasteiger partial charge on any atom is 0.278 e. The Bertz CT molecular complexity index is 863. The van der Waals surface area contributed by atoms with Gasteiger partial charge in [0.25, 0.3) is 5.69 Å². The zero-order valence-corrected chi connectivity index (χ0v) is 13.2. The molecule has 24 heavy (non-hydrogen) atoms. The highest BCUT2D eigenvalue weighted by molar-refractivity contribution is 6.00. The van der Waals surface area contributed by atoms with E-state index in [0.717, 1.165) is 22.3 Å². The number of rotatable bonds is 6. The maximum atomic E-state index is 11.2. The van der Waals surface area contributed by atoms with E-state index >= 15 is 0 Å². The van der Waals surface area contributed by atoms with Crippen LogP contribution in [0.3, 0.4) is 0 Å². The highest BCUT2D eigenvalue weighted by Crippen LogP contribution is 2.32. The third-order valence-electron chi connectivity index (χ3n) is 3.70. The molecule has 0 aliphatic carbocycles. The van der Waals surface area contributed by atoms with Gasteiger partial charge in [0, 0.05) is 41.8 Å². The topological polar surface area (TPSA) is 77.3 Å². The van der Waals surface area contributed by atoms with Crippen molar-refractivity contribution in [2.75, 3.05) is 11.9 Å². The Balaban J connectivity index is 1.90. The van der Waals surface area contributed by atoms with Gasteiger partial charge in [0.1, 0.15) is 0 Å². The molecule has 3 rings (SSSR count). The second kappa shape index (κ2) is 7.06. The third-order valence-corrected chi connectivity index (χ3v) is 3.70. The second-order valence-corrected chi connectivity index (χ2v) is 5.27. The van der Waals surface area contributed by atoms with Crippen LogP contribution in [0, 0.1) is 10.1 Å². The molecule has 6 nitrogen and oxygen atoms in total. The van der Waals surface area contributed by atoms with Crippen LogP contribution in [0.1, 0.15) is 12.5 Å². The molecular formula is C18H17N3O3. The van der Waals surface area contributed by atoms with Crippen molar-refractivity contribution in [3.05, 3.63) is 70.5 Å². The lowest BCUT2D eigenvalue weighted by Crippen LogP contribution is -1.96. The van der Waals surface area contributed by atoms with Gasteiger partial charge in [0.15, 0.2) is 0 Å². The van der Waals surface area contributed by atoms with Gasteiger partial charge in [-0.15, -0.1) is 0 Å². The number of hydrogen-bond donors (Lipinski definition) is 1. The zero-order chi connectivity index (χ0) is 16.9. The van der Waals surface area contributed by atoms with Crippen LogP contribution in [-0.2, 0) is 11.3 Å². The summed E-state index contributed by atoms with van der Waals surface area (Å²) in [5.74, 6) is 0. The van der Waals surface area contributed by atoms with Crippen molar-refractivity contribution >= 4 is 27.8 Å². The molecule has 0 amide bonds. The second-order valence-electron chi connectivity index (χ2n) is 5.27. The lowest BCUT2D eigenvalue weighted by Gasteiger charge is -2.11. The van der Waals surface area contributed by atoms with Crippen molar-refractivity contribution in [1.29, 1.82) is 0 Å². The molecule has 0 radical (unpaired) electrons. The van der Waals surface area contributed by atoms with Gasteiger partial charge in [-0.2, -0.15) is 0 Å². The molecule has 0 saturated carbocycles. The molecule has 1 N–H and O–H groups in total. The Morgan fingerprint density at radius 1 is 1.12 bits per heavy atom. The third kappa shape index (κ3) is 3.33. The number of nitro benzene ring substituents is 1. The molecule has 0 atom stereocenters. The molecule has 0 aliphatic heterocycles. The monoisotopic (exact) mass is 323 g/mol. The minimum Gasteiger partial charge on any atom is -0.377 e. The van der Waals surface area contributed by atoms with E-state index in [4.69, 9.17) is 4.74 Å². The first-order valence-electron chi connectivity index (χ1n) is 7.64. The predicted octanol–water partition coefficient (Wildman–Crippen LogP) is 4.42. The van der Waals surface area contributed by atoms with Gasteiger partial charge in [-0.1, -0.05) is 12.1 Å². The van der Waals surface area contributed by atoms with Crippen LogP contribution in [0.4, 0.5) is 17.1 Å². The van der Waals surface area contributed by atoms with E-state index in [1.165, 1.54) is 12.3 Å². The number of aromatic nitrogens is 1. The van der Waals surface area contributed by atoms with Gasteiger partial charge < -0.3 is 10.1 Å². The zero-order valence-electron chi connectivity index (χ0n) is 13.2.